The van der Waals surface area contributed by atoms with Gasteiger partial charge in [-0.15, -0.1) is 0 Å². The van der Waals surface area contributed by atoms with Crippen molar-refractivity contribution in [2.75, 3.05) is 26.2 Å². The number of rotatable bonds is 5. The van der Waals surface area contributed by atoms with Gasteiger partial charge in [-0.2, -0.15) is 5.10 Å². The fourth-order valence-corrected chi connectivity index (χ4v) is 4.97. The highest BCUT2D eigenvalue weighted by molar-refractivity contribution is 5.82. The molecule has 3 heterocycles. The lowest BCUT2D eigenvalue weighted by Crippen LogP contribution is -2.53. The molecule has 3 aliphatic rings. The van der Waals surface area contributed by atoms with Crippen molar-refractivity contribution in [1.29, 1.82) is 0 Å². The van der Waals surface area contributed by atoms with Gasteiger partial charge in [0.2, 0.25) is 11.8 Å². The lowest BCUT2D eigenvalue weighted by molar-refractivity contribution is -0.138. The molecule has 7 heteroatoms. The summed E-state index contributed by atoms with van der Waals surface area (Å²) in [6.45, 7) is 8.93. The number of likely N-dealkylation sites (tertiary alicyclic amines) is 2. The summed E-state index contributed by atoms with van der Waals surface area (Å²) in [6.07, 6.45) is 4.63. The van der Waals surface area contributed by atoms with Gasteiger partial charge >= 0.3 is 0 Å². The van der Waals surface area contributed by atoms with Crippen LogP contribution in [0.25, 0.3) is 0 Å². The second-order valence-electron chi connectivity index (χ2n) is 8.64. The topological polar surface area (TPSA) is 82.2 Å². The van der Waals surface area contributed by atoms with Crippen LogP contribution in [0.1, 0.15) is 57.6 Å². The van der Waals surface area contributed by atoms with E-state index in [9.17, 15) is 9.59 Å². The van der Waals surface area contributed by atoms with Crippen LogP contribution in [0.3, 0.4) is 0 Å². The van der Waals surface area contributed by atoms with E-state index in [0.29, 0.717) is 13.1 Å². The Balaban J connectivity index is 1.59. The van der Waals surface area contributed by atoms with Crippen LogP contribution < -0.4 is 0 Å². The first-order valence-electron chi connectivity index (χ1n) is 10.5. The average molecular weight is 374 g/mol. The van der Waals surface area contributed by atoms with Crippen molar-refractivity contribution >= 4 is 11.8 Å². The molecule has 27 heavy (non-hydrogen) atoms. The molecule has 1 aliphatic carbocycles. The molecule has 1 saturated carbocycles. The van der Waals surface area contributed by atoms with E-state index in [1.807, 2.05) is 16.7 Å². The van der Waals surface area contributed by atoms with Gasteiger partial charge in [-0.1, -0.05) is 13.8 Å². The van der Waals surface area contributed by atoms with E-state index >= 15 is 0 Å². The monoisotopic (exact) mass is 373 g/mol. The zero-order chi connectivity index (χ0) is 19.2. The Bertz CT molecular complexity index is 724. The number of amides is 2. The van der Waals surface area contributed by atoms with Crippen molar-refractivity contribution in [2.24, 2.45) is 17.8 Å². The molecule has 0 aromatic carbocycles. The number of aromatic nitrogens is 3. The summed E-state index contributed by atoms with van der Waals surface area (Å²) in [5.74, 6) is 2.72. The van der Waals surface area contributed by atoms with E-state index in [2.05, 4.69) is 29.0 Å². The minimum Gasteiger partial charge on any atom is -0.342 e. The van der Waals surface area contributed by atoms with E-state index in [4.69, 9.17) is 0 Å². The first kappa shape index (κ1) is 18.4. The van der Waals surface area contributed by atoms with Gasteiger partial charge in [-0.25, -0.2) is 4.98 Å². The van der Waals surface area contributed by atoms with Gasteiger partial charge in [0.05, 0.1) is 5.41 Å². The number of nitrogens with zero attached hydrogens (tertiary/aromatic N) is 4. The van der Waals surface area contributed by atoms with Gasteiger partial charge < -0.3 is 9.80 Å². The van der Waals surface area contributed by atoms with Crippen LogP contribution in [0.5, 0.6) is 0 Å². The summed E-state index contributed by atoms with van der Waals surface area (Å²) >= 11 is 0. The Labute approximate surface area is 160 Å². The molecule has 1 aromatic heterocycles. The second kappa shape index (κ2) is 6.91. The minimum atomic E-state index is -0.222. The third kappa shape index (κ3) is 3.15. The Morgan fingerprint density at radius 1 is 1.22 bits per heavy atom. The van der Waals surface area contributed by atoms with Crippen LogP contribution >= 0.6 is 0 Å². The number of nitrogens with one attached hydrogen (secondary N) is 1. The van der Waals surface area contributed by atoms with Crippen LogP contribution in [-0.2, 0) is 15.0 Å². The van der Waals surface area contributed by atoms with E-state index in [-0.39, 0.29) is 35.0 Å². The summed E-state index contributed by atoms with van der Waals surface area (Å²) < 4.78 is 0. The van der Waals surface area contributed by atoms with Crippen molar-refractivity contribution in [3.63, 3.8) is 0 Å². The van der Waals surface area contributed by atoms with Gasteiger partial charge in [0.1, 0.15) is 5.82 Å². The Kier molecular flexibility index (Phi) is 4.72. The average Bonchev–Trinajstić information content (AvgIpc) is 3.30. The molecule has 4 rings (SSSR count). The summed E-state index contributed by atoms with van der Waals surface area (Å²) in [7, 11) is 0. The van der Waals surface area contributed by atoms with Gasteiger partial charge in [-0.05, 0) is 39.0 Å². The highest BCUT2D eigenvalue weighted by atomic mass is 16.2. The van der Waals surface area contributed by atoms with Crippen molar-refractivity contribution in [1.82, 2.24) is 25.0 Å². The molecular weight excluding hydrogens is 342 g/mol. The number of H-pyrrole nitrogens is 1. The molecule has 148 valence electrons. The van der Waals surface area contributed by atoms with Gasteiger partial charge in [0.15, 0.2) is 5.82 Å². The molecule has 1 aromatic rings. The number of fused-ring (bicyclic) bond motifs is 1. The molecule has 2 saturated heterocycles. The van der Waals surface area contributed by atoms with E-state index < -0.39 is 0 Å². The SMILES string of the molecule is CCC(CC)C(=O)N1CC[C@@]2(c3n[nH]c(C)n3)CN(C(=O)C3CC3)C[C@H]2C1. The second-order valence-corrected chi connectivity index (χ2v) is 8.64. The van der Waals surface area contributed by atoms with Crippen LogP contribution in [0.2, 0.25) is 0 Å². The smallest absolute Gasteiger partial charge is 0.225 e. The summed E-state index contributed by atoms with van der Waals surface area (Å²) in [5, 5.41) is 7.46. The number of hydrogen-bond acceptors (Lipinski definition) is 4. The third-order valence-corrected chi connectivity index (χ3v) is 6.89. The number of aryl methyl sites for hydroxylation is 1. The fourth-order valence-electron chi connectivity index (χ4n) is 4.97. The highest BCUT2D eigenvalue weighted by Gasteiger charge is 2.55. The molecule has 0 unspecified atom stereocenters. The maximum absolute atomic E-state index is 12.9. The predicted octanol–water partition coefficient (Wildman–Crippen LogP) is 1.89. The number of aromatic amines is 1. The molecule has 0 bridgehead atoms. The largest absolute Gasteiger partial charge is 0.342 e. The molecule has 0 radical (unpaired) electrons. The zero-order valence-corrected chi connectivity index (χ0v) is 16.7. The van der Waals surface area contributed by atoms with E-state index in [1.165, 1.54) is 0 Å². The summed E-state index contributed by atoms with van der Waals surface area (Å²) in [4.78, 5) is 34.4. The normalized spacial score (nSPS) is 27.9. The van der Waals surface area contributed by atoms with Crippen LogP contribution in [-0.4, -0.2) is 63.0 Å². The molecule has 3 fully saturated rings. The molecule has 2 atom stereocenters. The van der Waals surface area contributed by atoms with Gasteiger partial charge in [0.25, 0.3) is 0 Å². The number of piperidine rings is 1. The first-order chi connectivity index (χ1) is 13.0. The van der Waals surface area contributed by atoms with Gasteiger partial charge in [0, 0.05) is 43.9 Å². The van der Waals surface area contributed by atoms with Crippen LogP contribution in [0.4, 0.5) is 0 Å². The summed E-state index contributed by atoms with van der Waals surface area (Å²) in [5.41, 5.74) is -0.222. The Hall–Kier alpha value is -1.92. The highest BCUT2D eigenvalue weighted by Crippen LogP contribution is 2.46. The van der Waals surface area contributed by atoms with E-state index in [0.717, 1.165) is 56.8 Å². The minimum absolute atomic E-state index is 0.105. The molecule has 0 spiro atoms. The molecule has 2 aliphatic heterocycles. The van der Waals surface area contributed by atoms with Crippen molar-refractivity contribution in [2.45, 2.75) is 58.3 Å². The maximum atomic E-state index is 12.9. The lowest BCUT2D eigenvalue weighted by Gasteiger charge is -2.42. The molecular formula is C20H31N5O2. The fraction of sp³-hybridized carbons (Fsp3) is 0.800. The predicted molar refractivity (Wildman–Crippen MR) is 101 cm³/mol. The molecule has 2 amide bonds. The number of carbonyl (C=O) groups excluding carboxylic acids is 2. The van der Waals surface area contributed by atoms with E-state index in [1.54, 1.807) is 0 Å². The first-order valence-corrected chi connectivity index (χ1v) is 10.5. The Morgan fingerprint density at radius 3 is 2.52 bits per heavy atom. The molecule has 1 N–H and O–H groups in total. The number of hydrogen-bond donors (Lipinski definition) is 1. The van der Waals surface area contributed by atoms with Gasteiger partial charge in [-0.3, -0.25) is 14.7 Å². The van der Waals surface area contributed by atoms with Crippen LogP contribution in [0.15, 0.2) is 0 Å². The molecule has 7 nitrogen and oxygen atoms in total. The van der Waals surface area contributed by atoms with Crippen molar-refractivity contribution in [3.05, 3.63) is 11.6 Å². The number of carbonyl (C=O) groups is 2. The maximum Gasteiger partial charge on any atom is 0.225 e. The third-order valence-electron chi connectivity index (χ3n) is 6.89. The zero-order valence-electron chi connectivity index (χ0n) is 16.7. The Morgan fingerprint density at radius 2 is 1.93 bits per heavy atom. The summed E-state index contributed by atoms with van der Waals surface area (Å²) in [6, 6.07) is 0. The van der Waals surface area contributed by atoms with Crippen molar-refractivity contribution in [3.8, 4) is 0 Å². The standard InChI is InChI=1S/C20H31N5O2/c1-4-14(5-2)17(26)24-9-8-20(19-21-13(3)22-23-19)12-25(11-16(20)10-24)18(27)15-6-7-15/h14-16H,4-12H2,1-3H3,(H,21,22,23)/t16-,20-/m1/s1. The van der Waals surface area contributed by atoms with Crippen LogP contribution in [0, 0.1) is 24.7 Å². The quantitative estimate of drug-likeness (QED) is 0.854. The van der Waals surface area contributed by atoms with Crippen molar-refractivity contribution < 1.29 is 9.59 Å². The lowest BCUT2D eigenvalue weighted by atomic mass is 9.71.